The fraction of sp³-hybridized carbons (Fsp3) is 0.143. The quantitative estimate of drug-likeness (QED) is 0.639. The average molecular weight is 356 g/mol. The number of sulfone groups is 1. The molecule has 0 fully saturated rings. The summed E-state index contributed by atoms with van der Waals surface area (Å²) in [5, 5.41) is 9.64. The lowest BCUT2D eigenvalue weighted by atomic mass is 9.79. The molecule has 0 atom stereocenters. The Balaban J connectivity index is 2.00. The Morgan fingerprint density at radius 1 is 1.35 bits per heavy atom. The number of hydrogen-bond donors (Lipinski definition) is 2. The summed E-state index contributed by atoms with van der Waals surface area (Å²) in [6.07, 6.45) is 0. The molecular weight excluding hydrogens is 343 g/mol. The SMILES string of the molecule is Nc1ccc(S(=O)(=O)Cc2cc3c(cc2F)COB3O)c(Cl)c1. The summed E-state index contributed by atoms with van der Waals surface area (Å²) in [5.41, 5.74) is 6.70. The number of benzene rings is 2. The maximum atomic E-state index is 14.1. The highest BCUT2D eigenvalue weighted by atomic mass is 35.5. The van der Waals surface area contributed by atoms with Crippen LogP contribution in [-0.4, -0.2) is 20.6 Å². The second-order valence-corrected chi connectivity index (χ2v) is 7.62. The van der Waals surface area contributed by atoms with E-state index >= 15 is 0 Å². The van der Waals surface area contributed by atoms with E-state index in [2.05, 4.69) is 0 Å². The van der Waals surface area contributed by atoms with Gasteiger partial charge in [0.15, 0.2) is 9.84 Å². The summed E-state index contributed by atoms with van der Waals surface area (Å²) < 4.78 is 44.1. The Morgan fingerprint density at radius 2 is 2.09 bits per heavy atom. The third-order valence-corrected chi connectivity index (χ3v) is 5.75. The monoisotopic (exact) mass is 355 g/mol. The van der Waals surface area contributed by atoms with Crippen LogP contribution in [0.4, 0.5) is 10.1 Å². The zero-order valence-electron chi connectivity index (χ0n) is 11.8. The predicted octanol–water partition coefficient (Wildman–Crippen LogP) is 1.25. The zero-order valence-corrected chi connectivity index (χ0v) is 13.4. The van der Waals surface area contributed by atoms with Crippen LogP contribution in [-0.2, 0) is 26.9 Å². The lowest BCUT2D eigenvalue weighted by molar-refractivity contribution is 0.275. The molecule has 2 aromatic rings. The Kier molecular flexibility index (Phi) is 4.09. The minimum Gasteiger partial charge on any atom is -0.423 e. The summed E-state index contributed by atoms with van der Waals surface area (Å²) in [6, 6.07) is 6.52. The van der Waals surface area contributed by atoms with Gasteiger partial charge in [0.05, 0.1) is 22.3 Å². The molecule has 3 N–H and O–H groups in total. The van der Waals surface area contributed by atoms with Crippen molar-refractivity contribution in [2.45, 2.75) is 17.3 Å². The number of nitrogens with two attached hydrogens (primary N) is 1. The molecule has 1 aliphatic rings. The highest BCUT2D eigenvalue weighted by Crippen LogP contribution is 2.27. The van der Waals surface area contributed by atoms with Crippen molar-refractivity contribution in [3.8, 4) is 0 Å². The van der Waals surface area contributed by atoms with Crippen LogP contribution < -0.4 is 11.2 Å². The molecule has 0 amide bonds. The smallest absolute Gasteiger partial charge is 0.423 e. The summed E-state index contributed by atoms with van der Waals surface area (Å²) in [6.45, 7) is 0.0875. The molecule has 2 aromatic carbocycles. The Bertz CT molecular complexity index is 891. The minimum absolute atomic E-state index is 0.0186. The molecule has 9 heteroatoms. The fourth-order valence-corrected chi connectivity index (χ4v) is 4.41. The second-order valence-electron chi connectivity index (χ2n) is 5.25. The minimum atomic E-state index is -3.87. The first-order valence-electron chi connectivity index (χ1n) is 6.66. The van der Waals surface area contributed by atoms with Crippen LogP contribution in [0.3, 0.4) is 0 Å². The van der Waals surface area contributed by atoms with Crippen molar-refractivity contribution in [1.82, 2.24) is 0 Å². The van der Waals surface area contributed by atoms with Crippen molar-refractivity contribution in [2.24, 2.45) is 0 Å². The number of nitrogen functional groups attached to an aromatic ring is 1. The lowest BCUT2D eigenvalue weighted by Crippen LogP contribution is -2.29. The van der Waals surface area contributed by atoms with E-state index in [1.165, 1.54) is 30.3 Å². The van der Waals surface area contributed by atoms with Crippen LogP contribution >= 0.6 is 11.6 Å². The van der Waals surface area contributed by atoms with Crippen molar-refractivity contribution < 1.29 is 22.5 Å². The van der Waals surface area contributed by atoms with E-state index in [0.717, 1.165) is 0 Å². The van der Waals surface area contributed by atoms with Crippen molar-refractivity contribution in [2.75, 3.05) is 5.73 Å². The third kappa shape index (κ3) is 3.07. The summed E-state index contributed by atoms with van der Waals surface area (Å²) in [4.78, 5) is -0.120. The van der Waals surface area contributed by atoms with E-state index in [1.807, 2.05) is 0 Å². The van der Waals surface area contributed by atoms with Gasteiger partial charge in [-0.3, -0.25) is 0 Å². The highest BCUT2D eigenvalue weighted by molar-refractivity contribution is 7.90. The number of anilines is 1. The van der Waals surface area contributed by atoms with E-state index in [-0.39, 0.29) is 22.1 Å². The molecule has 0 bridgehead atoms. The van der Waals surface area contributed by atoms with Gasteiger partial charge in [0.2, 0.25) is 0 Å². The molecule has 0 saturated heterocycles. The zero-order chi connectivity index (χ0) is 16.8. The third-order valence-electron chi connectivity index (χ3n) is 3.61. The molecule has 0 unspecified atom stereocenters. The topological polar surface area (TPSA) is 89.6 Å². The van der Waals surface area contributed by atoms with Crippen molar-refractivity contribution in [3.63, 3.8) is 0 Å². The van der Waals surface area contributed by atoms with Crippen LogP contribution in [0.5, 0.6) is 0 Å². The first-order valence-corrected chi connectivity index (χ1v) is 8.69. The van der Waals surface area contributed by atoms with Crippen LogP contribution in [0.15, 0.2) is 35.2 Å². The number of hydrogen-bond acceptors (Lipinski definition) is 5. The van der Waals surface area contributed by atoms with Crippen LogP contribution in [0.25, 0.3) is 0 Å². The number of rotatable bonds is 3. The van der Waals surface area contributed by atoms with Gasteiger partial charge in [-0.05, 0) is 35.3 Å². The number of halogens is 2. The van der Waals surface area contributed by atoms with Gasteiger partial charge in [-0.2, -0.15) is 0 Å². The fourth-order valence-electron chi connectivity index (χ4n) is 2.45. The standard InChI is InChI=1S/C14H12BClFNO4S/c16-12-5-10(18)1-2-14(12)23(20,21)7-9-3-11-8(4-13(9)17)6-22-15(11)19/h1-5,19H,6-7,18H2. The van der Waals surface area contributed by atoms with Gasteiger partial charge in [0.1, 0.15) is 5.82 Å². The predicted molar refractivity (Wildman–Crippen MR) is 85.5 cm³/mol. The molecule has 0 aliphatic carbocycles. The largest absolute Gasteiger partial charge is 0.491 e. The Hall–Kier alpha value is -1.61. The maximum absolute atomic E-state index is 14.1. The van der Waals surface area contributed by atoms with E-state index < -0.39 is 28.5 Å². The van der Waals surface area contributed by atoms with E-state index in [4.69, 9.17) is 22.0 Å². The van der Waals surface area contributed by atoms with Crippen LogP contribution in [0, 0.1) is 5.82 Å². The highest BCUT2D eigenvalue weighted by Gasteiger charge is 2.30. The molecule has 0 saturated carbocycles. The van der Waals surface area contributed by atoms with E-state index in [0.29, 0.717) is 16.7 Å². The number of fused-ring (bicyclic) bond motifs is 1. The Morgan fingerprint density at radius 3 is 2.78 bits per heavy atom. The van der Waals surface area contributed by atoms with E-state index in [9.17, 15) is 17.8 Å². The normalized spacial score (nSPS) is 14.1. The van der Waals surface area contributed by atoms with Gasteiger partial charge in [-0.15, -0.1) is 0 Å². The van der Waals surface area contributed by atoms with Crippen molar-refractivity contribution in [1.29, 1.82) is 0 Å². The Labute approximate surface area is 137 Å². The molecular formula is C14H12BClFNO4S. The van der Waals surface area contributed by atoms with Gasteiger partial charge in [0.25, 0.3) is 0 Å². The van der Waals surface area contributed by atoms with Crippen LogP contribution in [0.1, 0.15) is 11.1 Å². The second kappa shape index (κ2) is 5.79. The molecule has 23 heavy (non-hydrogen) atoms. The molecule has 0 aromatic heterocycles. The van der Waals surface area contributed by atoms with Gasteiger partial charge in [-0.1, -0.05) is 17.7 Å². The first kappa shape index (κ1) is 16.3. The summed E-state index contributed by atoms with van der Waals surface area (Å²) >= 11 is 5.92. The van der Waals surface area contributed by atoms with Gasteiger partial charge in [-0.25, -0.2) is 12.8 Å². The molecule has 1 aliphatic heterocycles. The maximum Gasteiger partial charge on any atom is 0.491 e. The molecule has 3 rings (SSSR count). The van der Waals surface area contributed by atoms with Gasteiger partial charge in [0, 0.05) is 11.3 Å². The first-order chi connectivity index (χ1) is 10.8. The van der Waals surface area contributed by atoms with Gasteiger partial charge >= 0.3 is 7.12 Å². The molecule has 0 spiro atoms. The van der Waals surface area contributed by atoms with E-state index in [1.54, 1.807) is 0 Å². The summed E-state index contributed by atoms with van der Waals surface area (Å²) in [5.74, 6) is -1.25. The molecule has 1 heterocycles. The van der Waals surface area contributed by atoms with Crippen molar-refractivity contribution in [3.05, 3.63) is 52.3 Å². The lowest BCUT2D eigenvalue weighted by Gasteiger charge is -2.10. The van der Waals surface area contributed by atoms with Crippen LogP contribution in [0.2, 0.25) is 5.02 Å². The van der Waals surface area contributed by atoms with Gasteiger partial charge < -0.3 is 15.4 Å². The molecule has 120 valence electrons. The summed E-state index contributed by atoms with van der Waals surface area (Å²) in [7, 11) is -5.04. The van der Waals surface area contributed by atoms with Crippen molar-refractivity contribution >= 4 is 39.7 Å². The molecule has 0 radical (unpaired) electrons. The average Bonchev–Trinajstić information content (AvgIpc) is 2.79. The molecule has 5 nitrogen and oxygen atoms in total.